The minimum atomic E-state index is -0.579. The van der Waals surface area contributed by atoms with Crippen LogP contribution < -0.4 is 0 Å². The van der Waals surface area contributed by atoms with Crippen LogP contribution in [0.1, 0.15) is 59.8 Å². The van der Waals surface area contributed by atoms with E-state index in [1.807, 2.05) is 6.92 Å². The quantitative estimate of drug-likeness (QED) is 0.577. The van der Waals surface area contributed by atoms with E-state index in [9.17, 15) is 9.90 Å². The molecule has 4 unspecified atom stereocenters. The van der Waals surface area contributed by atoms with Crippen molar-refractivity contribution in [1.82, 2.24) is 0 Å². The standard InChI is InChI=1S/C16H28O2/c1-5-9-14-12(6-2)10-13(7-3)15(18)16(14,8-4)11-17/h10-12,14-15,18H,5-9H2,1-4H3. The van der Waals surface area contributed by atoms with E-state index in [-0.39, 0.29) is 0 Å². The molecule has 4 atom stereocenters. The number of rotatable bonds is 6. The van der Waals surface area contributed by atoms with Gasteiger partial charge in [-0.25, -0.2) is 0 Å². The second-order valence-electron chi connectivity index (χ2n) is 5.55. The maximum Gasteiger partial charge on any atom is 0.129 e. The fourth-order valence-corrected chi connectivity index (χ4v) is 3.63. The number of carbonyl (C=O) groups is 1. The lowest BCUT2D eigenvalue weighted by atomic mass is 9.58. The first-order chi connectivity index (χ1) is 8.61. The number of allylic oxidation sites excluding steroid dienone is 1. The molecule has 1 aliphatic rings. The molecule has 0 saturated heterocycles. The van der Waals surface area contributed by atoms with Crippen molar-refractivity contribution in [2.75, 3.05) is 0 Å². The second-order valence-corrected chi connectivity index (χ2v) is 5.55. The van der Waals surface area contributed by atoms with Gasteiger partial charge in [0, 0.05) is 0 Å². The van der Waals surface area contributed by atoms with E-state index in [2.05, 4.69) is 26.8 Å². The lowest BCUT2D eigenvalue weighted by Crippen LogP contribution is -2.49. The summed E-state index contributed by atoms with van der Waals surface area (Å²) in [5, 5.41) is 10.6. The molecule has 0 spiro atoms. The van der Waals surface area contributed by atoms with Gasteiger partial charge in [0.2, 0.25) is 0 Å². The number of hydrogen-bond donors (Lipinski definition) is 1. The SMILES string of the molecule is CCCC1C(CC)C=C(CC)C(O)C1(C=O)CC. The van der Waals surface area contributed by atoms with Crippen molar-refractivity contribution in [2.45, 2.75) is 65.9 Å². The van der Waals surface area contributed by atoms with Gasteiger partial charge < -0.3 is 9.90 Å². The molecule has 0 heterocycles. The summed E-state index contributed by atoms with van der Waals surface area (Å²) < 4.78 is 0. The Balaban J connectivity index is 3.24. The molecular formula is C16H28O2. The number of aliphatic hydroxyl groups excluding tert-OH is 1. The molecule has 18 heavy (non-hydrogen) atoms. The maximum absolute atomic E-state index is 11.7. The first-order valence-electron chi connectivity index (χ1n) is 7.46. The highest BCUT2D eigenvalue weighted by Crippen LogP contribution is 2.48. The summed E-state index contributed by atoms with van der Waals surface area (Å²) in [6.45, 7) is 8.43. The lowest BCUT2D eigenvalue weighted by Gasteiger charge is -2.47. The summed E-state index contributed by atoms with van der Waals surface area (Å²) in [6.07, 6.45) is 7.42. The van der Waals surface area contributed by atoms with Crippen LogP contribution in [0.5, 0.6) is 0 Å². The molecule has 0 amide bonds. The van der Waals surface area contributed by atoms with Crippen molar-refractivity contribution < 1.29 is 9.90 Å². The Morgan fingerprint density at radius 1 is 1.33 bits per heavy atom. The van der Waals surface area contributed by atoms with Gasteiger partial charge in [-0.1, -0.05) is 40.2 Å². The first kappa shape index (κ1) is 15.4. The Labute approximate surface area is 111 Å². The maximum atomic E-state index is 11.7. The molecule has 0 saturated carbocycles. The van der Waals surface area contributed by atoms with Crippen molar-refractivity contribution in [1.29, 1.82) is 0 Å². The van der Waals surface area contributed by atoms with Crippen LogP contribution in [-0.2, 0) is 4.79 Å². The van der Waals surface area contributed by atoms with Crippen LogP contribution in [0, 0.1) is 17.3 Å². The predicted molar refractivity (Wildman–Crippen MR) is 75.3 cm³/mol. The molecule has 0 aromatic rings. The van der Waals surface area contributed by atoms with E-state index >= 15 is 0 Å². The highest BCUT2D eigenvalue weighted by molar-refractivity contribution is 5.63. The molecule has 2 nitrogen and oxygen atoms in total. The van der Waals surface area contributed by atoms with E-state index in [1.165, 1.54) is 0 Å². The van der Waals surface area contributed by atoms with Gasteiger partial charge in [-0.15, -0.1) is 0 Å². The van der Waals surface area contributed by atoms with Crippen LogP contribution >= 0.6 is 0 Å². The summed E-state index contributed by atoms with van der Waals surface area (Å²) in [6, 6.07) is 0. The number of aldehydes is 1. The van der Waals surface area contributed by atoms with Crippen LogP contribution in [-0.4, -0.2) is 17.5 Å². The topological polar surface area (TPSA) is 37.3 Å². The summed E-state index contributed by atoms with van der Waals surface area (Å²) >= 11 is 0. The normalized spacial score (nSPS) is 36.3. The highest BCUT2D eigenvalue weighted by atomic mass is 16.3. The largest absolute Gasteiger partial charge is 0.388 e. The molecule has 1 N–H and O–H groups in total. The van der Waals surface area contributed by atoms with Crippen LogP contribution in [0.15, 0.2) is 11.6 Å². The lowest BCUT2D eigenvalue weighted by molar-refractivity contribution is -0.130. The fraction of sp³-hybridized carbons (Fsp3) is 0.812. The molecule has 0 aromatic heterocycles. The van der Waals surface area contributed by atoms with Crippen LogP contribution in [0.25, 0.3) is 0 Å². The molecule has 104 valence electrons. The average molecular weight is 252 g/mol. The van der Waals surface area contributed by atoms with Gasteiger partial charge in [-0.3, -0.25) is 0 Å². The zero-order valence-electron chi connectivity index (χ0n) is 12.3. The third-order valence-electron chi connectivity index (χ3n) is 4.81. The number of aliphatic hydroxyl groups is 1. The van der Waals surface area contributed by atoms with Crippen LogP contribution in [0.2, 0.25) is 0 Å². The monoisotopic (exact) mass is 252 g/mol. The average Bonchev–Trinajstić information content (AvgIpc) is 2.40. The second kappa shape index (κ2) is 6.51. The van der Waals surface area contributed by atoms with Gasteiger partial charge >= 0.3 is 0 Å². The number of hydrogen-bond acceptors (Lipinski definition) is 2. The van der Waals surface area contributed by atoms with Crippen molar-refractivity contribution in [2.24, 2.45) is 17.3 Å². The van der Waals surface area contributed by atoms with Gasteiger partial charge in [-0.05, 0) is 43.1 Å². The van der Waals surface area contributed by atoms with E-state index in [0.717, 1.165) is 44.0 Å². The van der Waals surface area contributed by atoms with Crippen LogP contribution in [0.4, 0.5) is 0 Å². The Kier molecular flexibility index (Phi) is 5.58. The Morgan fingerprint density at radius 3 is 2.39 bits per heavy atom. The van der Waals surface area contributed by atoms with Crippen molar-refractivity contribution in [3.63, 3.8) is 0 Å². The molecule has 2 heteroatoms. The zero-order valence-corrected chi connectivity index (χ0v) is 12.3. The molecule has 0 aliphatic heterocycles. The Bertz CT molecular complexity index is 308. The zero-order chi connectivity index (χ0) is 13.8. The van der Waals surface area contributed by atoms with Gasteiger partial charge in [-0.2, -0.15) is 0 Å². The van der Waals surface area contributed by atoms with Gasteiger partial charge in [0.05, 0.1) is 11.5 Å². The first-order valence-corrected chi connectivity index (χ1v) is 7.46. The molecule has 0 aromatic carbocycles. The van der Waals surface area contributed by atoms with Crippen molar-refractivity contribution in [3.05, 3.63) is 11.6 Å². The van der Waals surface area contributed by atoms with E-state index in [0.29, 0.717) is 11.8 Å². The van der Waals surface area contributed by atoms with E-state index in [1.54, 1.807) is 0 Å². The number of carbonyl (C=O) groups excluding carboxylic acids is 1. The molecule has 0 bridgehead atoms. The summed E-state index contributed by atoms with van der Waals surface area (Å²) in [5.41, 5.74) is 0.500. The molecule has 0 fully saturated rings. The highest BCUT2D eigenvalue weighted by Gasteiger charge is 2.49. The Morgan fingerprint density at radius 2 is 2.00 bits per heavy atom. The Hall–Kier alpha value is -0.630. The van der Waals surface area contributed by atoms with E-state index in [4.69, 9.17) is 0 Å². The summed E-state index contributed by atoms with van der Waals surface area (Å²) in [5.74, 6) is 0.730. The van der Waals surface area contributed by atoms with E-state index < -0.39 is 11.5 Å². The van der Waals surface area contributed by atoms with Gasteiger partial charge in [0.25, 0.3) is 0 Å². The molecule has 1 aliphatic carbocycles. The minimum absolute atomic E-state index is 0.292. The third-order valence-corrected chi connectivity index (χ3v) is 4.81. The molecule has 0 radical (unpaired) electrons. The fourth-order valence-electron chi connectivity index (χ4n) is 3.63. The van der Waals surface area contributed by atoms with Gasteiger partial charge in [0.1, 0.15) is 6.29 Å². The molecule has 1 rings (SSSR count). The predicted octanol–water partition coefficient (Wildman–Crippen LogP) is 3.74. The smallest absolute Gasteiger partial charge is 0.129 e. The van der Waals surface area contributed by atoms with Crippen molar-refractivity contribution in [3.8, 4) is 0 Å². The van der Waals surface area contributed by atoms with Crippen molar-refractivity contribution >= 4 is 6.29 Å². The third kappa shape index (κ3) is 2.40. The van der Waals surface area contributed by atoms with Gasteiger partial charge in [0.15, 0.2) is 0 Å². The summed E-state index contributed by atoms with van der Waals surface area (Å²) in [7, 11) is 0. The molecular weight excluding hydrogens is 224 g/mol. The minimum Gasteiger partial charge on any atom is -0.388 e. The van der Waals surface area contributed by atoms with Crippen LogP contribution in [0.3, 0.4) is 0 Å². The summed E-state index contributed by atoms with van der Waals surface area (Å²) in [4.78, 5) is 11.7.